The summed E-state index contributed by atoms with van der Waals surface area (Å²) in [4.78, 5) is 39.0. The second-order valence-corrected chi connectivity index (χ2v) is 14.4. The van der Waals surface area contributed by atoms with Gasteiger partial charge in [0.05, 0.1) is 18.2 Å². The molecular formula is C36H40Cl2F3N5O3. The lowest BCUT2D eigenvalue weighted by Gasteiger charge is -2.39. The smallest absolute Gasteiger partial charge is 0.422 e. The van der Waals surface area contributed by atoms with E-state index in [0.29, 0.717) is 36.2 Å². The molecule has 5 rings (SSSR count). The van der Waals surface area contributed by atoms with Crippen molar-refractivity contribution in [1.29, 1.82) is 0 Å². The lowest BCUT2D eigenvalue weighted by atomic mass is 9.86. The van der Waals surface area contributed by atoms with E-state index < -0.39 is 30.3 Å². The van der Waals surface area contributed by atoms with Crippen molar-refractivity contribution < 1.29 is 27.5 Å². The molecule has 2 aliphatic rings. The summed E-state index contributed by atoms with van der Waals surface area (Å²) in [7, 11) is 3.40. The Kier molecular flexibility index (Phi) is 10.9. The number of carbonyl (C=O) groups excluding carboxylic acids is 2. The average molecular weight is 719 g/mol. The molecule has 3 aromatic carbocycles. The van der Waals surface area contributed by atoms with Crippen LogP contribution in [-0.4, -0.2) is 97.0 Å². The molecule has 3 aromatic rings. The third-order valence-electron chi connectivity index (χ3n) is 8.68. The van der Waals surface area contributed by atoms with Gasteiger partial charge in [0.1, 0.15) is 17.6 Å². The first-order valence-electron chi connectivity index (χ1n) is 16.0. The highest BCUT2D eigenvalue weighted by Gasteiger charge is 2.45. The number of nitrogens with zero attached hydrogens (tertiary/aromatic N) is 5. The van der Waals surface area contributed by atoms with Gasteiger partial charge in [-0.05, 0) is 58.5 Å². The van der Waals surface area contributed by atoms with Gasteiger partial charge in [-0.3, -0.25) is 19.6 Å². The van der Waals surface area contributed by atoms with Gasteiger partial charge in [-0.15, -0.1) is 0 Å². The van der Waals surface area contributed by atoms with Crippen LogP contribution in [0.3, 0.4) is 0 Å². The number of ether oxygens (including phenoxy) is 1. The predicted octanol–water partition coefficient (Wildman–Crippen LogP) is 7.60. The standard InChI is InChI=1S/C36H40Cl2F3N5O3/c1-35(2,3)25-10-15-28(29(20-25)49-22-36(39,40)41)33-42-31(23-6-11-26(37)12-7-23)32(24-8-13-27(38)14-9-24)46(33)34(48)45-18-16-44(17-19-45)21-30(47)43(4)5/h6-15,20,31-32H,16-19,21-22H2,1-5H3/t31-,32+/m0/s1. The Bertz CT molecular complexity index is 1680. The number of alkyl halides is 3. The van der Waals surface area contributed by atoms with Crippen LogP contribution in [0.5, 0.6) is 5.75 Å². The fourth-order valence-electron chi connectivity index (χ4n) is 5.89. The van der Waals surface area contributed by atoms with Gasteiger partial charge in [0, 0.05) is 50.3 Å². The Morgan fingerprint density at radius 1 is 0.878 bits per heavy atom. The van der Waals surface area contributed by atoms with E-state index in [1.807, 2.05) is 56.0 Å². The molecule has 0 aromatic heterocycles. The van der Waals surface area contributed by atoms with Crippen LogP contribution < -0.4 is 4.74 Å². The van der Waals surface area contributed by atoms with Gasteiger partial charge in [0.25, 0.3) is 0 Å². The third kappa shape index (κ3) is 8.69. The van der Waals surface area contributed by atoms with Gasteiger partial charge in [-0.2, -0.15) is 13.2 Å². The lowest BCUT2D eigenvalue weighted by Crippen LogP contribution is -2.55. The number of amides is 3. The molecule has 0 aliphatic carbocycles. The molecule has 262 valence electrons. The Morgan fingerprint density at radius 2 is 1.45 bits per heavy atom. The largest absolute Gasteiger partial charge is 0.483 e. The van der Waals surface area contributed by atoms with Crippen LogP contribution in [0, 0.1) is 0 Å². The van der Waals surface area contributed by atoms with E-state index in [9.17, 15) is 22.8 Å². The molecule has 2 atom stereocenters. The quantitative estimate of drug-likeness (QED) is 0.253. The molecule has 3 amide bonds. The zero-order valence-electron chi connectivity index (χ0n) is 28.1. The fraction of sp³-hybridized carbons (Fsp3) is 0.417. The van der Waals surface area contributed by atoms with Crippen molar-refractivity contribution in [3.8, 4) is 5.75 Å². The highest BCUT2D eigenvalue weighted by atomic mass is 35.5. The molecule has 8 nitrogen and oxygen atoms in total. The van der Waals surface area contributed by atoms with Crippen LogP contribution in [0.15, 0.2) is 71.7 Å². The minimum Gasteiger partial charge on any atom is -0.483 e. The first-order valence-corrected chi connectivity index (χ1v) is 16.7. The Morgan fingerprint density at radius 3 is 1.98 bits per heavy atom. The summed E-state index contributed by atoms with van der Waals surface area (Å²) in [5, 5.41) is 1.03. The highest BCUT2D eigenvalue weighted by Crippen LogP contribution is 2.46. The van der Waals surface area contributed by atoms with Gasteiger partial charge >= 0.3 is 12.2 Å². The fourth-order valence-corrected chi connectivity index (χ4v) is 6.14. The van der Waals surface area contributed by atoms with E-state index in [1.165, 1.54) is 4.90 Å². The number of aliphatic imine (C=N–C) groups is 1. The summed E-state index contributed by atoms with van der Waals surface area (Å²) in [5.74, 6) is 0.125. The number of hydrogen-bond donors (Lipinski definition) is 0. The number of amidine groups is 1. The molecule has 1 fully saturated rings. The zero-order chi connectivity index (χ0) is 35.7. The van der Waals surface area contributed by atoms with Crippen LogP contribution in [0.25, 0.3) is 0 Å². The summed E-state index contributed by atoms with van der Waals surface area (Å²) in [5.41, 5.74) is 2.12. The monoisotopic (exact) mass is 717 g/mol. The second kappa shape index (κ2) is 14.6. The first kappa shape index (κ1) is 36.5. The number of rotatable bonds is 7. The first-order chi connectivity index (χ1) is 23.0. The Labute approximate surface area is 295 Å². The van der Waals surface area contributed by atoms with Crippen LogP contribution in [0.1, 0.15) is 55.1 Å². The van der Waals surface area contributed by atoms with Crippen LogP contribution in [-0.2, 0) is 10.2 Å². The van der Waals surface area contributed by atoms with Crippen molar-refractivity contribution in [1.82, 2.24) is 19.6 Å². The van der Waals surface area contributed by atoms with Crippen molar-refractivity contribution in [3.63, 3.8) is 0 Å². The Hall–Kier alpha value is -3.80. The summed E-state index contributed by atoms with van der Waals surface area (Å²) < 4.78 is 46.1. The summed E-state index contributed by atoms with van der Waals surface area (Å²) in [6, 6.07) is 17.6. The number of likely N-dealkylation sites (N-methyl/N-ethyl adjacent to an activating group) is 1. The van der Waals surface area contributed by atoms with Gasteiger partial charge < -0.3 is 14.5 Å². The van der Waals surface area contributed by atoms with Crippen LogP contribution in [0.4, 0.5) is 18.0 Å². The van der Waals surface area contributed by atoms with E-state index in [0.717, 1.165) is 16.7 Å². The van der Waals surface area contributed by atoms with Crippen LogP contribution >= 0.6 is 23.2 Å². The van der Waals surface area contributed by atoms with Crippen molar-refractivity contribution >= 4 is 41.0 Å². The molecule has 0 bridgehead atoms. The maximum absolute atomic E-state index is 14.8. The minimum atomic E-state index is -4.59. The molecule has 0 unspecified atom stereocenters. The van der Waals surface area contributed by atoms with E-state index in [4.69, 9.17) is 32.9 Å². The van der Waals surface area contributed by atoms with Gasteiger partial charge in [0.2, 0.25) is 5.91 Å². The summed E-state index contributed by atoms with van der Waals surface area (Å²) in [6.07, 6.45) is -4.59. The molecular weight excluding hydrogens is 678 g/mol. The zero-order valence-corrected chi connectivity index (χ0v) is 29.6. The van der Waals surface area contributed by atoms with Crippen molar-refractivity contribution in [2.75, 3.05) is 53.4 Å². The van der Waals surface area contributed by atoms with Crippen molar-refractivity contribution in [3.05, 3.63) is 99.0 Å². The molecule has 2 heterocycles. The summed E-state index contributed by atoms with van der Waals surface area (Å²) in [6.45, 7) is 6.20. The number of piperazine rings is 1. The molecule has 0 spiro atoms. The number of halogens is 5. The molecule has 0 saturated carbocycles. The normalized spacial score (nSPS) is 18.8. The number of urea groups is 1. The van der Waals surface area contributed by atoms with Gasteiger partial charge in [-0.25, -0.2) is 4.79 Å². The van der Waals surface area contributed by atoms with E-state index in [1.54, 1.807) is 60.3 Å². The number of hydrogen-bond acceptors (Lipinski definition) is 5. The molecule has 49 heavy (non-hydrogen) atoms. The average Bonchev–Trinajstić information content (AvgIpc) is 3.44. The van der Waals surface area contributed by atoms with Crippen molar-refractivity contribution in [2.45, 2.75) is 44.4 Å². The molecule has 13 heteroatoms. The maximum Gasteiger partial charge on any atom is 0.422 e. The summed E-state index contributed by atoms with van der Waals surface area (Å²) >= 11 is 12.5. The predicted molar refractivity (Wildman–Crippen MR) is 186 cm³/mol. The SMILES string of the molecule is CN(C)C(=O)CN1CCN(C(=O)N2C(c3ccc(C(C)(C)C)cc3OCC(F)(F)F)=N[C@@H](c3ccc(Cl)cc3)[C@H]2c2ccc(Cl)cc2)CC1. The second-order valence-electron chi connectivity index (χ2n) is 13.5. The van der Waals surface area contributed by atoms with Gasteiger partial charge in [-0.1, -0.05) is 74.3 Å². The van der Waals surface area contributed by atoms with Crippen LogP contribution in [0.2, 0.25) is 10.0 Å². The van der Waals surface area contributed by atoms with Gasteiger partial charge in [0.15, 0.2) is 6.61 Å². The molecule has 0 N–H and O–H groups in total. The molecule has 2 aliphatic heterocycles. The van der Waals surface area contributed by atoms with Crippen molar-refractivity contribution in [2.24, 2.45) is 4.99 Å². The maximum atomic E-state index is 14.8. The van der Waals surface area contributed by atoms with E-state index in [-0.39, 0.29) is 35.6 Å². The number of benzene rings is 3. The molecule has 1 saturated heterocycles. The highest BCUT2D eigenvalue weighted by molar-refractivity contribution is 6.30. The molecule has 0 radical (unpaired) electrons. The lowest BCUT2D eigenvalue weighted by molar-refractivity contribution is -0.153. The van der Waals surface area contributed by atoms with E-state index in [2.05, 4.69) is 0 Å². The third-order valence-corrected chi connectivity index (χ3v) is 9.18. The van der Waals surface area contributed by atoms with E-state index >= 15 is 0 Å². The Balaban J connectivity index is 1.63. The minimum absolute atomic E-state index is 0.0278. The number of carbonyl (C=O) groups is 2. The topological polar surface area (TPSA) is 68.7 Å².